The molecule has 0 aromatic rings. The molecular weight excluding hydrogens is 413 g/mol. The van der Waals surface area contributed by atoms with E-state index >= 15 is 0 Å². The second-order valence-corrected chi connectivity index (χ2v) is 3.18. The van der Waals surface area contributed by atoms with E-state index in [-0.39, 0.29) is 27.1 Å². The fourth-order valence-electron chi connectivity index (χ4n) is 1.06. The molecule has 0 bridgehead atoms. The summed E-state index contributed by atoms with van der Waals surface area (Å²) in [6.07, 6.45) is 4.62. The summed E-state index contributed by atoms with van der Waals surface area (Å²) in [5, 5.41) is 21.1. The maximum absolute atomic E-state index is 9.00. The minimum atomic E-state index is -1.50. The van der Waals surface area contributed by atoms with Gasteiger partial charge in [0.2, 0.25) is 0 Å². The molecule has 106 valence electrons. The molecule has 0 radical (unpaired) electrons. The summed E-state index contributed by atoms with van der Waals surface area (Å²) in [6, 6.07) is 1.19. The van der Waals surface area contributed by atoms with Crippen LogP contribution in [0.2, 0.25) is 0 Å². The van der Waals surface area contributed by atoms with Gasteiger partial charge in [-0.05, 0) is 0 Å². The third kappa shape index (κ3) is 25.5. The van der Waals surface area contributed by atoms with Crippen LogP contribution in [0.4, 0.5) is 0 Å². The number of hydrogen-bond acceptors (Lipinski definition) is 5. The first-order valence-corrected chi connectivity index (χ1v) is 4.67. The largest absolute Gasteiger partial charge is 0.481 e. The van der Waals surface area contributed by atoms with Crippen molar-refractivity contribution in [3.8, 4) is 0 Å². The predicted octanol–water partition coefficient (Wildman–Crippen LogP) is 0.119. The molecule has 0 heterocycles. The monoisotopic (exact) mass is 431 g/mol. The molecule has 1 fully saturated rings. The normalized spacial score (nSPS) is 18.4. The smallest absolute Gasteiger partial charge is 0.300 e. The van der Waals surface area contributed by atoms with Gasteiger partial charge in [-0.1, -0.05) is 19.3 Å². The molecule has 0 unspecified atom stereocenters. The average molecular weight is 431 g/mol. The Balaban J connectivity index is -0.000000189. The number of nitrogens with zero attached hydrogens (tertiary/aromatic N) is 1. The first-order valence-electron chi connectivity index (χ1n) is 4.67. The Morgan fingerprint density at radius 3 is 2.06 bits per heavy atom. The summed E-state index contributed by atoms with van der Waals surface area (Å²) in [6.45, 7) is 1.08. The fraction of sp³-hybridized carbons (Fsp3) is 0.750. The van der Waals surface area contributed by atoms with E-state index < -0.39 is 11.1 Å². The molecular formula is C8H18N3O5Pt-. The summed E-state index contributed by atoms with van der Waals surface area (Å²) in [5.41, 5.74) is 11.2. The molecule has 0 aliphatic heterocycles. The maximum Gasteiger partial charge on any atom is 0.300 e. The van der Waals surface area contributed by atoms with E-state index in [1.165, 1.54) is 12.8 Å². The zero-order chi connectivity index (χ0) is 13.1. The molecule has 1 rings (SSSR count). The standard InChI is InChI=1S/C6H13N2.C2H4O2.HNO3.Pt/c7-5-3-1-2-4-6(5)8;1-2(3)4;2-1(3)4;/h5H,1-4,7-8H2;1H3,(H,3,4);(H,2,3,4);/q-1;;;/t5-;;;/m1.../s1. The molecule has 6 N–H and O–H groups in total. The van der Waals surface area contributed by atoms with E-state index in [9.17, 15) is 0 Å². The average Bonchev–Trinajstić information content (AvgIpc) is 2.08. The van der Waals surface area contributed by atoms with Gasteiger partial charge in [-0.3, -0.25) is 4.79 Å². The van der Waals surface area contributed by atoms with Crippen molar-refractivity contribution >= 4 is 5.97 Å². The van der Waals surface area contributed by atoms with Gasteiger partial charge < -0.3 is 21.8 Å². The predicted molar refractivity (Wildman–Crippen MR) is 56.0 cm³/mol. The van der Waals surface area contributed by atoms with Gasteiger partial charge in [0, 0.05) is 28.0 Å². The van der Waals surface area contributed by atoms with Crippen LogP contribution in [0.3, 0.4) is 0 Å². The molecule has 0 aromatic heterocycles. The van der Waals surface area contributed by atoms with Crippen molar-refractivity contribution in [2.24, 2.45) is 11.5 Å². The van der Waals surface area contributed by atoms with Gasteiger partial charge in [0.15, 0.2) is 0 Å². The Morgan fingerprint density at radius 1 is 1.53 bits per heavy atom. The summed E-state index contributed by atoms with van der Waals surface area (Å²) >= 11 is 0. The Hall–Kier alpha value is -0.722. The van der Waals surface area contributed by atoms with Crippen LogP contribution in [0.25, 0.3) is 0 Å². The maximum atomic E-state index is 9.00. The van der Waals surface area contributed by atoms with Crippen molar-refractivity contribution in [3.63, 3.8) is 0 Å². The van der Waals surface area contributed by atoms with Crippen molar-refractivity contribution in [2.75, 3.05) is 0 Å². The number of carboxylic acids is 1. The van der Waals surface area contributed by atoms with Gasteiger partial charge in [-0.2, -0.15) is 6.42 Å². The zero-order valence-corrected chi connectivity index (χ0v) is 11.7. The van der Waals surface area contributed by atoms with E-state index in [1.54, 1.807) is 0 Å². The van der Waals surface area contributed by atoms with Crippen molar-refractivity contribution < 1.29 is 41.3 Å². The van der Waals surface area contributed by atoms with Crippen LogP contribution >= 0.6 is 0 Å². The quantitative estimate of drug-likeness (QED) is 0.241. The second kappa shape index (κ2) is 13.3. The van der Waals surface area contributed by atoms with Crippen LogP contribution < -0.4 is 11.5 Å². The molecule has 1 aliphatic rings. The number of hydrogen-bond donors (Lipinski definition) is 4. The van der Waals surface area contributed by atoms with Crippen molar-refractivity contribution in [3.05, 3.63) is 16.2 Å². The van der Waals surface area contributed by atoms with Crippen LogP contribution in [0.15, 0.2) is 0 Å². The number of aliphatic carboxylic acids is 1. The summed E-state index contributed by atoms with van der Waals surface area (Å²) in [4.78, 5) is 17.4. The van der Waals surface area contributed by atoms with Gasteiger partial charge in [0.25, 0.3) is 11.1 Å². The Labute approximate surface area is 114 Å². The second-order valence-electron chi connectivity index (χ2n) is 3.18. The third-order valence-corrected chi connectivity index (χ3v) is 1.71. The molecule has 17 heavy (non-hydrogen) atoms. The van der Waals surface area contributed by atoms with Crippen molar-refractivity contribution in [2.45, 2.75) is 38.6 Å². The van der Waals surface area contributed by atoms with Crippen LogP contribution in [-0.4, -0.2) is 27.4 Å². The summed E-state index contributed by atoms with van der Waals surface area (Å²) in [5.74, 6) is -0.833. The van der Waals surface area contributed by atoms with E-state index in [1.807, 2.05) is 0 Å². The van der Waals surface area contributed by atoms with Crippen LogP contribution in [0, 0.1) is 16.2 Å². The molecule has 1 aliphatic carbocycles. The van der Waals surface area contributed by atoms with E-state index in [0.717, 1.165) is 25.8 Å². The molecule has 0 aromatic carbocycles. The molecule has 8 nitrogen and oxygen atoms in total. The van der Waals surface area contributed by atoms with E-state index in [2.05, 4.69) is 0 Å². The first-order chi connectivity index (χ1) is 7.27. The first kappa shape index (κ1) is 21.6. The molecule has 1 atom stereocenters. The van der Waals surface area contributed by atoms with Crippen molar-refractivity contribution in [1.82, 2.24) is 0 Å². The van der Waals surface area contributed by atoms with Gasteiger partial charge in [0.05, 0.1) is 0 Å². The van der Waals surface area contributed by atoms with Crippen molar-refractivity contribution in [1.29, 1.82) is 0 Å². The fourth-order valence-corrected chi connectivity index (χ4v) is 1.06. The molecule has 9 heteroatoms. The molecule has 0 amide bonds. The van der Waals surface area contributed by atoms with Gasteiger partial charge >= 0.3 is 0 Å². The zero-order valence-electron chi connectivity index (χ0n) is 9.44. The van der Waals surface area contributed by atoms with E-state index in [0.29, 0.717) is 0 Å². The topological polar surface area (TPSA) is 153 Å². The number of carbonyl (C=O) groups is 1. The Morgan fingerprint density at radius 2 is 1.88 bits per heavy atom. The number of nitrogens with two attached hydrogens (primary N) is 2. The van der Waals surface area contributed by atoms with Gasteiger partial charge in [-0.25, -0.2) is 6.04 Å². The Bertz CT molecular complexity index is 187. The molecule has 1 saturated carbocycles. The number of carboxylic acid groups (broad SMARTS) is 1. The SMILES string of the molecule is CC(=O)O.N[C-]1CCCC[C@H]1N.O=[N+]([O-])O.[Pt]. The number of rotatable bonds is 0. The van der Waals surface area contributed by atoms with Crippen LogP contribution in [0.5, 0.6) is 0 Å². The summed E-state index contributed by atoms with van der Waals surface area (Å²) < 4.78 is 0. The van der Waals surface area contributed by atoms with Gasteiger partial charge in [0.1, 0.15) is 0 Å². The minimum absolute atomic E-state index is 0. The van der Waals surface area contributed by atoms with E-state index in [4.69, 9.17) is 36.7 Å². The third-order valence-electron chi connectivity index (χ3n) is 1.71. The molecule has 0 spiro atoms. The minimum Gasteiger partial charge on any atom is -0.481 e. The summed E-state index contributed by atoms with van der Waals surface area (Å²) in [7, 11) is 0. The molecule has 0 saturated heterocycles. The van der Waals surface area contributed by atoms with Crippen LogP contribution in [0.1, 0.15) is 32.6 Å². The van der Waals surface area contributed by atoms with Crippen LogP contribution in [-0.2, 0) is 25.9 Å². The Kier molecular flexibility index (Phi) is 16.9. The van der Waals surface area contributed by atoms with Gasteiger partial charge in [-0.15, -0.1) is 16.2 Å².